The van der Waals surface area contributed by atoms with E-state index >= 15 is 0 Å². The van der Waals surface area contributed by atoms with Crippen LogP contribution in [0, 0.1) is 11.3 Å². The molecule has 0 radical (unpaired) electrons. The fraction of sp³-hybridized carbons (Fsp3) is 0.160. The topological polar surface area (TPSA) is 118 Å². The molecule has 1 aliphatic heterocycles. The Hall–Kier alpha value is -4.71. The minimum Gasteiger partial charge on any atom is -0.465 e. The molecule has 2 N–H and O–H groups in total. The number of hydrogen-bond acceptors (Lipinski definition) is 7. The van der Waals surface area contributed by atoms with E-state index in [-0.39, 0.29) is 0 Å². The van der Waals surface area contributed by atoms with Crippen LogP contribution in [-0.4, -0.2) is 57.2 Å². The fourth-order valence-corrected chi connectivity index (χ4v) is 4.01. The van der Waals surface area contributed by atoms with Crippen molar-refractivity contribution in [3.63, 3.8) is 0 Å². The van der Waals surface area contributed by atoms with E-state index in [9.17, 15) is 9.90 Å². The van der Waals surface area contributed by atoms with Gasteiger partial charge in [0, 0.05) is 49.5 Å². The number of nitrogens with one attached hydrogen (secondary N) is 1. The third kappa shape index (κ3) is 4.29. The normalized spacial score (nSPS) is 13.5. The molecule has 0 aliphatic carbocycles. The fourth-order valence-electron chi connectivity index (χ4n) is 4.01. The van der Waals surface area contributed by atoms with Crippen LogP contribution in [0.1, 0.15) is 5.56 Å². The number of rotatable bonds is 4. The predicted molar refractivity (Wildman–Crippen MR) is 129 cm³/mol. The van der Waals surface area contributed by atoms with Crippen LogP contribution < -0.4 is 10.2 Å². The van der Waals surface area contributed by atoms with Crippen LogP contribution in [0.15, 0.2) is 67.0 Å². The van der Waals surface area contributed by atoms with Gasteiger partial charge in [-0.25, -0.2) is 19.7 Å². The minimum atomic E-state index is -0.891. The lowest BCUT2D eigenvalue weighted by Gasteiger charge is -2.34. The standard InChI is InChI=1S/C25H21N7O2/c26-15-17-5-6-21(28-16-17)29-22-13-18-3-1-2-4-20(18)24(30-22)19-7-8-27-23(14-19)31-9-11-32(12-10-31)25(33)34/h1-8,13-14,16H,9-12H2,(H,33,34)(H,28,29,30). The van der Waals surface area contributed by atoms with Crippen LogP contribution in [0.25, 0.3) is 22.0 Å². The summed E-state index contributed by atoms with van der Waals surface area (Å²) >= 11 is 0. The molecule has 34 heavy (non-hydrogen) atoms. The van der Waals surface area contributed by atoms with E-state index in [0.717, 1.165) is 27.8 Å². The van der Waals surface area contributed by atoms with Crippen LogP contribution in [0.5, 0.6) is 0 Å². The lowest BCUT2D eigenvalue weighted by molar-refractivity contribution is 0.142. The number of nitrogens with zero attached hydrogens (tertiary/aromatic N) is 6. The first-order chi connectivity index (χ1) is 16.6. The molecule has 4 aromatic rings. The average molecular weight is 451 g/mol. The Morgan fingerprint density at radius 2 is 1.82 bits per heavy atom. The zero-order valence-electron chi connectivity index (χ0n) is 18.2. The molecular formula is C25H21N7O2. The zero-order chi connectivity index (χ0) is 23.5. The number of carbonyl (C=O) groups is 1. The van der Waals surface area contributed by atoms with Gasteiger partial charge in [-0.2, -0.15) is 5.26 Å². The highest BCUT2D eigenvalue weighted by Crippen LogP contribution is 2.31. The van der Waals surface area contributed by atoms with Crippen molar-refractivity contribution in [2.45, 2.75) is 0 Å². The van der Waals surface area contributed by atoms with E-state index in [4.69, 9.17) is 10.2 Å². The van der Waals surface area contributed by atoms with Crippen molar-refractivity contribution >= 4 is 34.3 Å². The van der Waals surface area contributed by atoms with Crippen molar-refractivity contribution in [3.8, 4) is 17.3 Å². The third-order valence-electron chi connectivity index (χ3n) is 5.78. The van der Waals surface area contributed by atoms with Gasteiger partial charge in [-0.1, -0.05) is 24.3 Å². The number of benzene rings is 1. The lowest BCUT2D eigenvalue weighted by Crippen LogP contribution is -2.48. The van der Waals surface area contributed by atoms with Gasteiger partial charge >= 0.3 is 6.09 Å². The summed E-state index contributed by atoms with van der Waals surface area (Å²) in [5.74, 6) is 2.03. The average Bonchev–Trinajstić information content (AvgIpc) is 2.89. The zero-order valence-corrected chi connectivity index (χ0v) is 18.2. The molecule has 0 bridgehead atoms. The number of aromatic nitrogens is 3. The van der Waals surface area contributed by atoms with E-state index in [1.807, 2.05) is 42.5 Å². The largest absolute Gasteiger partial charge is 0.465 e. The third-order valence-corrected chi connectivity index (χ3v) is 5.78. The van der Waals surface area contributed by atoms with Crippen molar-refractivity contribution < 1.29 is 9.90 Å². The molecule has 9 nitrogen and oxygen atoms in total. The second-order valence-corrected chi connectivity index (χ2v) is 7.91. The Kier molecular flexibility index (Phi) is 5.62. The summed E-state index contributed by atoms with van der Waals surface area (Å²) in [7, 11) is 0. The van der Waals surface area contributed by atoms with Gasteiger partial charge < -0.3 is 20.2 Å². The smallest absolute Gasteiger partial charge is 0.407 e. The van der Waals surface area contributed by atoms with Gasteiger partial charge in [-0.05, 0) is 35.7 Å². The number of pyridine rings is 3. The Morgan fingerprint density at radius 3 is 2.56 bits per heavy atom. The molecule has 1 saturated heterocycles. The maximum Gasteiger partial charge on any atom is 0.407 e. The number of fused-ring (bicyclic) bond motifs is 1. The SMILES string of the molecule is N#Cc1ccc(Nc2cc3ccccc3c(-c3ccnc(N4CCN(C(=O)O)CC4)c3)n2)nc1. The van der Waals surface area contributed by atoms with E-state index in [2.05, 4.69) is 26.3 Å². The number of nitriles is 1. The van der Waals surface area contributed by atoms with Crippen molar-refractivity contribution in [2.24, 2.45) is 0 Å². The molecule has 9 heteroatoms. The second kappa shape index (κ2) is 9.03. The molecular weight excluding hydrogens is 430 g/mol. The molecule has 5 rings (SSSR count). The molecule has 0 spiro atoms. The molecule has 1 fully saturated rings. The van der Waals surface area contributed by atoms with Crippen LogP contribution in [0.2, 0.25) is 0 Å². The molecule has 0 unspecified atom stereocenters. The molecule has 4 heterocycles. The maximum atomic E-state index is 11.2. The van der Waals surface area contributed by atoms with Crippen LogP contribution in [0.4, 0.5) is 22.2 Å². The van der Waals surface area contributed by atoms with Crippen LogP contribution in [0.3, 0.4) is 0 Å². The van der Waals surface area contributed by atoms with Crippen molar-refractivity contribution in [2.75, 3.05) is 36.4 Å². The van der Waals surface area contributed by atoms with Gasteiger partial charge in [0.05, 0.1) is 11.3 Å². The Balaban J connectivity index is 1.49. The quantitative estimate of drug-likeness (QED) is 0.476. The molecule has 1 aliphatic rings. The van der Waals surface area contributed by atoms with Crippen LogP contribution in [-0.2, 0) is 0 Å². The van der Waals surface area contributed by atoms with Gasteiger partial charge in [0.2, 0.25) is 0 Å². The Bertz CT molecular complexity index is 1390. The summed E-state index contributed by atoms with van der Waals surface area (Å²) in [5, 5.41) is 23.5. The Labute approximate surface area is 195 Å². The van der Waals surface area contributed by atoms with E-state index in [1.165, 1.54) is 11.1 Å². The van der Waals surface area contributed by atoms with Gasteiger partial charge in [0.15, 0.2) is 0 Å². The van der Waals surface area contributed by atoms with Crippen molar-refractivity contribution in [1.82, 2.24) is 19.9 Å². The molecule has 168 valence electrons. The number of amides is 1. The van der Waals surface area contributed by atoms with Gasteiger partial charge in [-0.15, -0.1) is 0 Å². The van der Waals surface area contributed by atoms with Gasteiger partial charge in [0.1, 0.15) is 23.5 Å². The van der Waals surface area contributed by atoms with Gasteiger partial charge in [0.25, 0.3) is 0 Å². The summed E-state index contributed by atoms with van der Waals surface area (Å²) in [4.78, 5) is 28.4. The minimum absolute atomic E-state index is 0.444. The van der Waals surface area contributed by atoms with Crippen LogP contribution >= 0.6 is 0 Å². The van der Waals surface area contributed by atoms with Gasteiger partial charge in [-0.3, -0.25) is 0 Å². The predicted octanol–water partition coefficient (Wildman–Crippen LogP) is 4.11. The maximum absolute atomic E-state index is 11.2. The monoisotopic (exact) mass is 451 g/mol. The first-order valence-corrected chi connectivity index (χ1v) is 10.8. The van der Waals surface area contributed by atoms with Crippen molar-refractivity contribution in [1.29, 1.82) is 5.26 Å². The summed E-state index contributed by atoms with van der Waals surface area (Å²) in [6.45, 7) is 2.06. The summed E-state index contributed by atoms with van der Waals surface area (Å²) in [6.07, 6.45) is 2.38. The number of carboxylic acid groups (broad SMARTS) is 1. The van der Waals surface area contributed by atoms with E-state index in [1.54, 1.807) is 18.3 Å². The Morgan fingerprint density at radius 1 is 1.00 bits per heavy atom. The number of hydrogen-bond donors (Lipinski definition) is 2. The highest BCUT2D eigenvalue weighted by molar-refractivity contribution is 5.96. The highest BCUT2D eigenvalue weighted by atomic mass is 16.4. The molecule has 1 amide bonds. The molecule has 0 atom stereocenters. The summed E-state index contributed by atoms with van der Waals surface area (Å²) < 4.78 is 0. The molecule has 3 aromatic heterocycles. The summed E-state index contributed by atoms with van der Waals surface area (Å²) in [6, 6.07) is 19.4. The number of piperazine rings is 1. The lowest BCUT2D eigenvalue weighted by atomic mass is 10.0. The second-order valence-electron chi connectivity index (χ2n) is 7.91. The summed E-state index contributed by atoms with van der Waals surface area (Å²) in [5.41, 5.74) is 2.21. The first kappa shape index (κ1) is 21.2. The van der Waals surface area contributed by atoms with E-state index in [0.29, 0.717) is 43.4 Å². The highest BCUT2D eigenvalue weighted by Gasteiger charge is 2.21. The van der Waals surface area contributed by atoms with Crippen molar-refractivity contribution in [3.05, 3.63) is 72.6 Å². The first-order valence-electron chi connectivity index (χ1n) is 10.8. The number of anilines is 3. The molecule has 0 saturated carbocycles. The van der Waals surface area contributed by atoms with E-state index < -0.39 is 6.09 Å². The molecule has 1 aromatic carbocycles.